The molecule has 0 aromatic carbocycles. The largest absolute Gasteiger partial charge is 0.480 e. The molecule has 0 spiro atoms. The van der Waals surface area contributed by atoms with Crippen molar-refractivity contribution in [1.29, 1.82) is 0 Å². The van der Waals surface area contributed by atoms with Gasteiger partial charge in [-0.15, -0.1) is 0 Å². The summed E-state index contributed by atoms with van der Waals surface area (Å²) in [6.07, 6.45) is 67.1. The van der Waals surface area contributed by atoms with Crippen molar-refractivity contribution in [1.82, 2.24) is 5.32 Å². The lowest BCUT2D eigenvalue weighted by Crippen LogP contribution is -2.28. The van der Waals surface area contributed by atoms with E-state index in [1.165, 1.54) is 64.2 Å². The van der Waals surface area contributed by atoms with Crippen LogP contribution in [-0.2, 0) is 19.1 Å². The third kappa shape index (κ3) is 47.3. The Morgan fingerprint density at radius 3 is 1.28 bits per heavy atom. The minimum Gasteiger partial charge on any atom is -0.480 e. The van der Waals surface area contributed by atoms with Crippen LogP contribution in [0.2, 0.25) is 0 Å². The highest BCUT2D eigenvalue weighted by Crippen LogP contribution is 2.18. The zero-order chi connectivity index (χ0) is 43.7. The first-order valence-corrected chi connectivity index (χ1v) is 24.7. The van der Waals surface area contributed by atoms with Crippen LogP contribution < -0.4 is 5.32 Å². The number of aliphatic carboxylic acids is 1. The summed E-state index contributed by atoms with van der Waals surface area (Å²) in [4.78, 5) is 35.2. The van der Waals surface area contributed by atoms with Gasteiger partial charge >= 0.3 is 11.9 Å². The van der Waals surface area contributed by atoms with Crippen LogP contribution in [0.3, 0.4) is 0 Å². The van der Waals surface area contributed by atoms with Crippen molar-refractivity contribution in [2.45, 2.75) is 232 Å². The molecule has 0 aliphatic rings. The number of esters is 1. The van der Waals surface area contributed by atoms with E-state index < -0.39 is 5.97 Å². The second kappa shape index (κ2) is 48.3. The lowest BCUT2D eigenvalue weighted by Gasteiger charge is -2.18. The van der Waals surface area contributed by atoms with E-state index in [1.807, 2.05) is 0 Å². The van der Waals surface area contributed by atoms with Crippen molar-refractivity contribution in [3.63, 3.8) is 0 Å². The van der Waals surface area contributed by atoms with Crippen LogP contribution in [0.5, 0.6) is 0 Å². The molecule has 0 aliphatic heterocycles. The lowest BCUT2D eigenvalue weighted by molar-refractivity contribution is -0.150. The highest BCUT2D eigenvalue weighted by molar-refractivity contribution is 5.80. The summed E-state index contributed by atoms with van der Waals surface area (Å²) in [6, 6.07) is 0. The van der Waals surface area contributed by atoms with Crippen molar-refractivity contribution in [2.24, 2.45) is 0 Å². The van der Waals surface area contributed by atoms with Gasteiger partial charge in [-0.2, -0.15) is 0 Å². The van der Waals surface area contributed by atoms with E-state index in [2.05, 4.69) is 104 Å². The Labute approximate surface area is 369 Å². The molecule has 0 fully saturated rings. The van der Waals surface area contributed by atoms with E-state index >= 15 is 0 Å². The van der Waals surface area contributed by atoms with Crippen molar-refractivity contribution in [3.05, 3.63) is 85.1 Å². The number of ether oxygens (including phenoxy) is 1. The molecule has 0 rings (SSSR count). The van der Waals surface area contributed by atoms with Gasteiger partial charge in [0.25, 0.3) is 0 Å². The monoisotopic (exact) mass is 834 g/mol. The van der Waals surface area contributed by atoms with Gasteiger partial charge in [0.15, 0.2) is 0 Å². The van der Waals surface area contributed by atoms with E-state index in [4.69, 9.17) is 9.84 Å². The molecule has 0 aromatic rings. The van der Waals surface area contributed by atoms with Crippen LogP contribution in [0, 0.1) is 0 Å². The van der Waals surface area contributed by atoms with Gasteiger partial charge in [0.05, 0.1) is 0 Å². The van der Waals surface area contributed by atoms with Crippen molar-refractivity contribution in [2.75, 3.05) is 6.54 Å². The molecule has 0 saturated heterocycles. The smallest absolute Gasteiger partial charge is 0.322 e. The molecule has 60 heavy (non-hydrogen) atoms. The number of carbonyl (C=O) groups is 3. The fourth-order valence-electron chi connectivity index (χ4n) is 6.92. The molecule has 1 unspecified atom stereocenters. The third-order valence-corrected chi connectivity index (χ3v) is 10.6. The summed E-state index contributed by atoms with van der Waals surface area (Å²) in [5, 5.41) is 11.1. The van der Waals surface area contributed by atoms with E-state index in [-0.39, 0.29) is 24.5 Å². The molecule has 1 amide bonds. The van der Waals surface area contributed by atoms with Crippen LogP contribution in [-0.4, -0.2) is 35.6 Å². The first kappa shape index (κ1) is 56.6. The van der Waals surface area contributed by atoms with Crippen molar-refractivity contribution in [3.8, 4) is 0 Å². The summed E-state index contributed by atoms with van der Waals surface area (Å²) >= 11 is 0. The Morgan fingerprint density at radius 2 is 0.817 bits per heavy atom. The minimum absolute atomic E-state index is 0.00934. The summed E-state index contributed by atoms with van der Waals surface area (Å²) in [7, 11) is 0. The third-order valence-electron chi connectivity index (χ3n) is 10.6. The normalized spacial score (nSPS) is 12.8. The van der Waals surface area contributed by atoms with Crippen LogP contribution in [0.15, 0.2) is 85.1 Å². The van der Waals surface area contributed by atoms with Crippen molar-refractivity contribution >= 4 is 17.8 Å². The van der Waals surface area contributed by atoms with Crippen LogP contribution in [0.1, 0.15) is 226 Å². The Bertz CT molecular complexity index is 1190. The van der Waals surface area contributed by atoms with Gasteiger partial charge in [0.1, 0.15) is 12.6 Å². The number of unbranched alkanes of at least 4 members (excludes halogenated alkanes) is 19. The second-order valence-electron chi connectivity index (χ2n) is 16.3. The number of nitrogens with one attached hydrogen (secondary N) is 1. The number of amides is 1. The molecule has 6 heteroatoms. The van der Waals surface area contributed by atoms with Gasteiger partial charge in [0, 0.05) is 12.8 Å². The molecular weight excluding hydrogens is 743 g/mol. The topological polar surface area (TPSA) is 92.7 Å². The van der Waals surface area contributed by atoms with Gasteiger partial charge in [-0.1, -0.05) is 182 Å². The number of carboxylic acid groups (broad SMARTS) is 1. The number of carbonyl (C=O) groups excluding carboxylic acids is 2. The van der Waals surface area contributed by atoms with Crippen molar-refractivity contribution < 1.29 is 24.2 Å². The van der Waals surface area contributed by atoms with Gasteiger partial charge < -0.3 is 15.2 Å². The Balaban J connectivity index is 4.24. The number of rotatable bonds is 44. The Morgan fingerprint density at radius 1 is 0.450 bits per heavy atom. The predicted molar refractivity (Wildman–Crippen MR) is 258 cm³/mol. The van der Waals surface area contributed by atoms with E-state index in [9.17, 15) is 14.4 Å². The number of carboxylic acids is 1. The van der Waals surface area contributed by atoms with E-state index in [0.29, 0.717) is 12.8 Å². The fourth-order valence-corrected chi connectivity index (χ4v) is 6.92. The zero-order valence-corrected chi connectivity index (χ0v) is 38.8. The minimum atomic E-state index is -1.02. The number of allylic oxidation sites excluding steroid dienone is 14. The average Bonchev–Trinajstić information content (AvgIpc) is 3.24. The maximum Gasteiger partial charge on any atom is 0.322 e. The second-order valence-corrected chi connectivity index (χ2v) is 16.3. The Hall–Kier alpha value is -3.41. The highest BCUT2D eigenvalue weighted by Gasteiger charge is 2.14. The standard InChI is InChI=1S/C54H91NO5/c1-3-5-7-9-11-13-15-17-19-20-21-22-23-24-25-26-28-30-32-34-36-41-45-49-54(59)60-51(47-43-39-37-40-44-48-52(56)55-50-53(57)58)46-42-38-35-33-31-29-27-18-16-14-12-10-8-6-4-2/h5,7,11,13,17,19,21-22,24-25,28-31,51H,3-4,6,8-10,12,14-16,18,20,23,26-27,32-50H2,1-2H3,(H,55,56)(H,57,58)/b7-5-,13-11-,19-17-,22-21-,25-24-,30-28-,31-29-. The fraction of sp³-hybridized carbons (Fsp3) is 0.685. The SMILES string of the molecule is CC/C=C\C/C=C\C/C=C\C/C=C\C/C=C\C/C=C\CCCCCCC(=O)OC(CCCCC/C=C\CCCCCCCCCC)CCCCCCCC(=O)NCC(=O)O. The van der Waals surface area contributed by atoms with Gasteiger partial charge in [-0.25, -0.2) is 0 Å². The molecule has 0 aromatic heterocycles. The summed E-state index contributed by atoms with van der Waals surface area (Å²) in [6.45, 7) is 4.11. The number of hydrogen-bond donors (Lipinski definition) is 2. The first-order valence-electron chi connectivity index (χ1n) is 24.7. The maximum absolute atomic E-state index is 12.8. The zero-order valence-electron chi connectivity index (χ0n) is 38.8. The molecule has 6 nitrogen and oxygen atoms in total. The van der Waals surface area contributed by atoms with Crippen LogP contribution in [0.4, 0.5) is 0 Å². The molecule has 342 valence electrons. The molecule has 0 bridgehead atoms. The van der Waals surface area contributed by atoms with Gasteiger partial charge in [-0.3, -0.25) is 14.4 Å². The molecule has 0 aliphatic carbocycles. The van der Waals surface area contributed by atoms with Crippen LogP contribution in [0.25, 0.3) is 0 Å². The molecule has 2 N–H and O–H groups in total. The molecular formula is C54H91NO5. The summed E-state index contributed by atoms with van der Waals surface area (Å²) in [5.41, 5.74) is 0. The summed E-state index contributed by atoms with van der Waals surface area (Å²) in [5.74, 6) is -1.27. The summed E-state index contributed by atoms with van der Waals surface area (Å²) < 4.78 is 6.04. The maximum atomic E-state index is 12.8. The lowest BCUT2D eigenvalue weighted by atomic mass is 10.0. The van der Waals surface area contributed by atoms with Gasteiger partial charge in [-0.05, 0) is 116 Å². The Kier molecular flexibility index (Phi) is 45.5. The van der Waals surface area contributed by atoms with E-state index in [0.717, 1.165) is 135 Å². The predicted octanol–water partition coefficient (Wildman–Crippen LogP) is 15.9. The number of hydrogen-bond acceptors (Lipinski definition) is 4. The highest BCUT2D eigenvalue weighted by atomic mass is 16.5. The first-order chi connectivity index (χ1) is 29.5. The molecule has 0 heterocycles. The molecule has 0 radical (unpaired) electrons. The van der Waals surface area contributed by atoms with E-state index in [1.54, 1.807) is 0 Å². The molecule has 0 saturated carbocycles. The average molecular weight is 834 g/mol. The molecule has 1 atom stereocenters. The quantitative estimate of drug-likeness (QED) is 0.0362. The van der Waals surface area contributed by atoms with Gasteiger partial charge in [0.2, 0.25) is 5.91 Å². The van der Waals surface area contributed by atoms with Crippen LogP contribution >= 0.6 is 0 Å².